The van der Waals surface area contributed by atoms with E-state index in [9.17, 15) is 14.7 Å². The van der Waals surface area contributed by atoms with Crippen LogP contribution in [0.3, 0.4) is 0 Å². The zero-order chi connectivity index (χ0) is 14.2. The van der Waals surface area contributed by atoms with Crippen LogP contribution in [-0.4, -0.2) is 58.6 Å². The Balaban J connectivity index is 0.00000200. The van der Waals surface area contributed by atoms with Crippen molar-refractivity contribution in [1.29, 1.82) is 0 Å². The first-order valence-corrected chi connectivity index (χ1v) is 6.79. The summed E-state index contributed by atoms with van der Waals surface area (Å²) in [4.78, 5) is 25.7. The molecule has 3 atom stereocenters. The van der Waals surface area contributed by atoms with Crippen LogP contribution >= 0.6 is 12.4 Å². The Labute approximate surface area is 125 Å². The molecule has 7 heteroatoms. The molecule has 3 unspecified atom stereocenters. The summed E-state index contributed by atoms with van der Waals surface area (Å²) in [7, 11) is 0. The summed E-state index contributed by atoms with van der Waals surface area (Å²) in [5.41, 5.74) is -0.210. The van der Waals surface area contributed by atoms with Crippen molar-refractivity contribution < 1.29 is 14.7 Å². The number of β-amino-alcohol motifs (C(OH)–C–C–N with tert-alkyl or cyclic N) is 1. The molecule has 2 aliphatic heterocycles. The number of aliphatic hydroxyl groups is 1. The fourth-order valence-corrected chi connectivity index (χ4v) is 2.67. The topological polar surface area (TPSA) is 81.7 Å². The molecule has 20 heavy (non-hydrogen) atoms. The van der Waals surface area contributed by atoms with Crippen LogP contribution in [-0.2, 0) is 9.59 Å². The van der Waals surface area contributed by atoms with E-state index >= 15 is 0 Å². The van der Waals surface area contributed by atoms with Gasteiger partial charge in [0.15, 0.2) is 0 Å². The normalized spacial score (nSPS) is 30.3. The molecule has 0 aliphatic carbocycles. The van der Waals surface area contributed by atoms with Gasteiger partial charge in [0.1, 0.15) is 0 Å². The molecule has 2 amide bonds. The van der Waals surface area contributed by atoms with Crippen molar-refractivity contribution in [3.05, 3.63) is 0 Å². The minimum absolute atomic E-state index is 0. The number of likely N-dealkylation sites (tertiary alicyclic amines) is 1. The van der Waals surface area contributed by atoms with Crippen LogP contribution in [0.5, 0.6) is 0 Å². The Bertz CT molecular complexity index is 384. The fraction of sp³-hybridized carbons (Fsp3) is 0.846. The van der Waals surface area contributed by atoms with Gasteiger partial charge < -0.3 is 20.6 Å². The molecule has 2 aliphatic rings. The largest absolute Gasteiger partial charge is 0.392 e. The van der Waals surface area contributed by atoms with Gasteiger partial charge in [-0.1, -0.05) is 0 Å². The zero-order valence-electron chi connectivity index (χ0n) is 12.2. The highest BCUT2D eigenvalue weighted by Gasteiger charge is 2.38. The van der Waals surface area contributed by atoms with Gasteiger partial charge in [-0.2, -0.15) is 0 Å². The second-order valence-electron chi connectivity index (χ2n) is 6.44. The van der Waals surface area contributed by atoms with Crippen LogP contribution in [0.4, 0.5) is 0 Å². The molecule has 0 saturated carbocycles. The summed E-state index contributed by atoms with van der Waals surface area (Å²) in [5.74, 6) is -0.0395. The predicted octanol–water partition coefficient (Wildman–Crippen LogP) is -0.353. The standard InChI is InChI=1S/C13H23N3O3.ClH/c1-13(2,3)16-7-8(4-11(16)18)15-12(19)10-5-9(17)6-14-10;/h8-10,14,17H,4-7H2,1-3H3,(H,15,19);1H. The first-order valence-electron chi connectivity index (χ1n) is 6.79. The number of amides is 2. The molecule has 2 heterocycles. The molecular weight excluding hydrogens is 282 g/mol. The van der Waals surface area contributed by atoms with Crippen molar-refractivity contribution >= 4 is 24.2 Å². The smallest absolute Gasteiger partial charge is 0.237 e. The van der Waals surface area contributed by atoms with E-state index in [1.165, 1.54) is 0 Å². The molecule has 2 rings (SSSR count). The number of carbonyl (C=O) groups excluding carboxylic acids is 2. The van der Waals surface area contributed by atoms with Crippen molar-refractivity contribution in [2.45, 2.75) is 57.3 Å². The maximum absolute atomic E-state index is 12.0. The third kappa shape index (κ3) is 3.84. The summed E-state index contributed by atoms with van der Waals surface area (Å²) in [6.45, 7) is 6.98. The second-order valence-corrected chi connectivity index (χ2v) is 6.44. The van der Waals surface area contributed by atoms with E-state index in [1.807, 2.05) is 20.8 Å². The highest BCUT2D eigenvalue weighted by Crippen LogP contribution is 2.22. The average molecular weight is 306 g/mol. The lowest BCUT2D eigenvalue weighted by Gasteiger charge is -2.32. The highest BCUT2D eigenvalue weighted by molar-refractivity contribution is 5.85. The van der Waals surface area contributed by atoms with E-state index < -0.39 is 6.10 Å². The number of nitrogens with zero attached hydrogens (tertiary/aromatic N) is 1. The summed E-state index contributed by atoms with van der Waals surface area (Å²) in [5, 5.41) is 15.3. The fourth-order valence-electron chi connectivity index (χ4n) is 2.67. The molecule has 0 aromatic rings. The van der Waals surface area contributed by atoms with Crippen molar-refractivity contribution in [3.8, 4) is 0 Å². The van der Waals surface area contributed by atoms with E-state index in [4.69, 9.17) is 0 Å². The molecule has 2 fully saturated rings. The van der Waals surface area contributed by atoms with Crippen LogP contribution in [0.25, 0.3) is 0 Å². The Kier molecular flexibility index (Phi) is 5.40. The van der Waals surface area contributed by atoms with E-state index in [1.54, 1.807) is 4.90 Å². The van der Waals surface area contributed by atoms with Crippen molar-refractivity contribution in [2.75, 3.05) is 13.1 Å². The molecule has 0 aromatic carbocycles. The van der Waals surface area contributed by atoms with Crippen LogP contribution in [0.15, 0.2) is 0 Å². The van der Waals surface area contributed by atoms with E-state index in [-0.39, 0.29) is 41.8 Å². The Morgan fingerprint density at radius 3 is 2.55 bits per heavy atom. The molecule has 0 bridgehead atoms. The number of rotatable bonds is 2. The highest BCUT2D eigenvalue weighted by atomic mass is 35.5. The summed E-state index contributed by atoms with van der Waals surface area (Å²) in [6, 6.07) is -0.465. The third-order valence-electron chi connectivity index (χ3n) is 3.71. The summed E-state index contributed by atoms with van der Waals surface area (Å²) >= 11 is 0. The minimum atomic E-state index is -0.452. The van der Waals surface area contributed by atoms with Crippen molar-refractivity contribution in [3.63, 3.8) is 0 Å². The van der Waals surface area contributed by atoms with Gasteiger partial charge in [0.25, 0.3) is 0 Å². The molecule has 3 N–H and O–H groups in total. The molecule has 0 spiro atoms. The van der Waals surface area contributed by atoms with Gasteiger partial charge >= 0.3 is 0 Å². The number of nitrogens with one attached hydrogen (secondary N) is 2. The summed E-state index contributed by atoms with van der Waals surface area (Å²) < 4.78 is 0. The maximum atomic E-state index is 12.0. The van der Waals surface area contributed by atoms with Gasteiger partial charge in [-0.25, -0.2) is 0 Å². The molecule has 116 valence electrons. The minimum Gasteiger partial charge on any atom is -0.392 e. The maximum Gasteiger partial charge on any atom is 0.237 e. The first kappa shape index (κ1) is 17.2. The lowest BCUT2D eigenvalue weighted by Crippen LogP contribution is -2.48. The predicted molar refractivity (Wildman–Crippen MR) is 77.7 cm³/mol. The SMILES string of the molecule is CC(C)(C)N1CC(NC(=O)C2CC(O)CN2)CC1=O.Cl. The van der Waals surface area contributed by atoms with Gasteiger partial charge in [-0.05, 0) is 27.2 Å². The zero-order valence-corrected chi connectivity index (χ0v) is 13.0. The van der Waals surface area contributed by atoms with E-state index in [0.29, 0.717) is 25.9 Å². The number of aliphatic hydroxyl groups excluding tert-OH is 1. The Morgan fingerprint density at radius 1 is 1.45 bits per heavy atom. The molecule has 6 nitrogen and oxygen atoms in total. The number of halogens is 1. The lowest BCUT2D eigenvalue weighted by molar-refractivity contribution is -0.131. The van der Waals surface area contributed by atoms with Gasteiger partial charge in [0.2, 0.25) is 11.8 Å². The number of carbonyl (C=O) groups is 2. The van der Waals surface area contributed by atoms with Gasteiger partial charge in [-0.3, -0.25) is 9.59 Å². The Hall–Kier alpha value is -0.850. The van der Waals surface area contributed by atoms with Crippen molar-refractivity contribution in [1.82, 2.24) is 15.5 Å². The van der Waals surface area contributed by atoms with Crippen molar-refractivity contribution in [2.24, 2.45) is 0 Å². The summed E-state index contributed by atoms with van der Waals surface area (Å²) in [6.07, 6.45) is 0.348. The number of hydrogen-bond acceptors (Lipinski definition) is 4. The average Bonchev–Trinajstić information content (AvgIpc) is 2.84. The molecule has 0 radical (unpaired) electrons. The van der Waals surface area contributed by atoms with Gasteiger partial charge in [0.05, 0.1) is 18.2 Å². The molecule has 0 aromatic heterocycles. The number of hydrogen-bond donors (Lipinski definition) is 3. The molecular formula is C13H24ClN3O3. The van der Waals surface area contributed by atoms with Crippen LogP contribution in [0.1, 0.15) is 33.6 Å². The van der Waals surface area contributed by atoms with E-state index in [0.717, 1.165) is 0 Å². The second kappa shape index (κ2) is 6.28. The monoisotopic (exact) mass is 305 g/mol. The lowest BCUT2D eigenvalue weighted by atomic mass is 10.1. The first-order chi connectivity index (χ1) is 8.77. The van der Waals surface area contributed by atoms with Crippen LogP contribution < -0.4 is 10.6 Å². The Morgan fingerprint density at radius 2 is 2.10 bits per heavy atom. The van der Waals surface area contributed by atoms with E-state index in [2.05, 4.69) is 10.6 Å². The van der Waals surface area contributed by atoms with Gasteiger partial charge in [0, 0.05) is 25.0 Å². The quantitative estimate of drug-likeness (QED) is 0.651. The molecule has 2 saturated heterocycles. The third-order valence-corrected chi connectivity index (χ3v) is 3.71. The van der Waals surface area contributed by atoms with Crippen LogP contribution in [0, 0.1) is 0 Å². The van der Waals surface area contributed by atoms with Crippen LogP contribution in [0.2, 0.25) is 0 Å². The van der Waals surface area contributed by atoms with Gasteiger partial charge in [-0.15, -0.1) is 12.4 Å².